The number of nitrogens with zero attached hydrogens (tertiary/aromatic N) is 3. The van der Waals surface area contributed by atoms with Gasteiger partial charge in [-0.05, 0) is 58.4 Å². The number of nitrogens with one attached hydrogen (secondary N) is 2. The van der Waals surface area contributed by atoms with E-state index in [1.165, 1.54) is 24.1 Å². The van der Waals surface area contributed by atoms with Crippen molar-refractivity contribution < 1.29 is 0 Å². The lowest BCUT2D eigenvalue weighted by atomic mass is 10.1. The van der Waals surface area contributed by atoms with E-state index in [1.54, 1.807) is 0 Å². The fraction of sp³-hybridized carbons (Fsp3) is 0.750. The van der Waals surface area contributed by atoms with E-state index < -0.39 is 0 Å². The van der Waals surface area contributed by atoms with Crippen molar-refractivity contribution in [3.63, 3.8) is 0 Å². The van der Waals surface area contributed by atoms with Crippen LogP contribution >= 0.6 is 0 Å². The van der Waals surface area contributed by atoms with Gasteiger partial charge in [0.25, 0.3) is 0 Å². The third-order valence-electron chi connectivity index (χ3n) is 4.10. The molecule has 1 aliphatic carbocycles. The number of guanidine groups is 1. The molecule has 0 radical (unpaired) electrons. The number of hydrogen-bond donors (Lipinski definition) is 2. The van der Waals surface area contributed by atoms with Gasteiger partial charge < -0.3 is 10.6 Å². The Morgan fingerprint density at radius 2 is 2.14 bits per heavy atom. The lowest BCUT2D eigenvalue weighted by Crippen LogP contribution is -2.43. The highest BCUT2D eigenvalue weighted by molar-refractivity contribution is 5.80. The largest absolute Gasteiger partial charge is 0.357 e. The second kappa shape index (κ2) is 6.96. The highest BCUT2D eigenvalue weighted by atomic mass is 15.3. The monoisotopic (exact) mass is 291 g/mol. The zero-order chi connectivity index (χ0) is 15.4. The number of aromatic nitrogens is 2. The molecule has 1 unspecified atom stereocenters. The van der Waals surface area contributed by atoms with Gasteiger partial charge in [0.15, 0.2) is 5.96 Å². The van der Waals surface area contributed by atoms with E-state index in [-0.39, 0.29) is 0 Å². The van der Waals surface area contributed by atoms with Crippen molar-refractivity contribution in [2.24, 2.45) is 18.0 Å². The minimum absolute atomic E-state index is 0.337. The molecule has 5 heteroatoms. The maximum atomic E-state index is 4.68. The molecule has 0 saturated heterocycles. The minimum Gasteiger partial charge on any atom is -0.357 e. The Balaban J connectivity index is 1.94. The van der Waals surface area contributed by atoms with E-state index in [2.05, 4.69) is 48.4 Å². The lowest BCUT2D eigenvalue weighted by Gasteiger charge is -2.18. The van der Waals surface area contributed by atoms with Gasteiger partial charge in [-0.25, -0.2) is 0 Å². The summed E-state index contributed by atoms with van der Waals surface area (Å²) in [6.45, 7) is 10.4. The average Bonchev–Trinajstić information content (AvgIpc) is 3.21. The Labute approximate surface area is 128 Å². The quantitative estimate of drug-likeness (QED) is 0.622. The minimum atomic E-state index is 0.337. The molecule has 21 heavy (non-hydrogen) atoms. The van der Waals surface area contributed by atoms with Gasteiger partial charge in [0, 0.05) is 31.9 Å². The first-order valence-corrected chi connectivity index (χ1v) is 8.05. The van der Waals surface area contributed by atoms with Crippen LogP contribution in [0.15, 0.2) is 4.99 Å². The van der Waals surface area contributed by atoms with Crippen LogP contribution in [0.1, 0.15) is 43.6 Å². The van der Waals surface area contributed by atoms with Crippen LogP contribution in [0.2, 0.25) is 0 Å². The van der Waals surface area contributed by atoms with Crippen LogP contribution in [0.5, 0.6) is 0 Å². The van der Waals surface area contributed by atoms with Crippen molar-refractivity contribution in [2.45, 2.75) is 53.0 Å². The molecule has 0 spiro atoms. The van der Waals surface area contributed by atoms with Crippen LogP contribution in [0.3, 0.4) is 0 Å². The average molecular weight is 291 g/mol. The van der Waals surface area contributed by atoms with Gasteiger partial charge in [-0.1, -0.05) is 0 Å². The second-order valence-electron chi connectivity index (χ2n) is 6.19. The summed E-state index contributed by atoms with van der Waals surface area (Å²) in [6, 6.07) is 0.337. The van der Waals surface area contributed by atoms with Gasteiger partial charge in [-0.15, -0.1) is 0 Å². The summed E-state index contributed by atoms with van der Waals surface area (Å²) in [4.78, 5) is 4.68. The maximum Gasteiger partial charge on any atom is 0.191 e. The Morgan fingerprint density at radius 3 is 2.67 bits per heavy atom. The molecule has 2 rings (SSSR count). The molecule has 1 aromatic rings. The molecule has 1 aromatic heterocycles. The predicted molar refractivity (Wildman–Crippen MR) is 87.7 cm³/mol. The maximum absolute atomic E-state index is 4.68. The summed E-state index contributed by atoms with van der Waals surface area (Å²) < 4.78 is 1.96. The third-order valence-corrected chi connectivity index (χ3v) is 4.10. The summed E-state index contributed by atoms with van der Waals surface area (Å²) in [5, 5.41) is 11.3. The zero-order valence-corrected chi connectivity index (χ0v) is 14.0. The Morgan fingerprint density at radius 1 is 1.43 bits per heavy atom. The zero-order valence-electron chi connectivity index (χ0n) is 14.0. The molecular weight excluding hydrogens is 262 g/mol. The van der Waals surface area contributed by atoms with Crippen molar-refractivity contribution in [3.8, 4) is 0 Å². The van der Waals surface area contributed by atoms with Gasteiger partial charge >= 0.3 is 0 Å². The number of hydrogen-bond acceptors (Lipinski definition) is 2. The SMILES string of the molecule is CCNC(=NCC1CC1)NC(C)Cc1c(C)nn(C)c1C. The molecule has 2 N–H and O–H groups in total. The second-order valence-corrected chi connectivity index (χ2v) is 6.19. The summed E-state index contributed by atoms with van der Waals surface area (Å²) in [5.74, 6) is 1.76. The number of aryl methyl sites for hydroxylation is 2. The molecule has 1 atom stereocenters. The standard InChI is InChI=1S/C16H29N5/c1-6-17-16(18-10-14-7-8-14)19-11(2)9-15-12(3)20-21(5)13(15)4/h11,14H,6-10H2,1-5H3,(H2,17,18,19). The summed E-state index contributed by atoms with van der Waals surface area (Å²) in [5.41, 5.74) is 3.72. The molecule has 0 aromatic carbocycles. The van der Waals surface area contributed by atoms with Crippen molar-refractivity contribution in [2.75, 3.05) is 13.1 Å². The van der Waals surface area contributed by atoms with Crippen molar-refractivity contribution >= 4 is 5.96 Å². The molecule has 118 valence electrons. The van der Waals surface area contributed by atoms with Gasteiger partial charge in [0.2, 0.25) is 0 Å². The molecule has 0 amide bonds. The third kappa shape index (κ3) is 4.48. The van der Waals surface area contributed by atoms with E-state index in [9.17, 15) is 0 Å². The normalized spacial score (nSPS) is 16.9. The first kappa shape index (κ1) is 15.9. The molecule has 1 fully saturated rings. The summed E-state index contributed by atoms with van der Waals surface area (Å²) >= 11 is 0. The van der Waals surface area contributed by atoms with Gasteiger partial charge in [-0.2, -0.15) is 5.10 Å². The molecule has 0 aliphatic heterocycles. The van der Waals surface area contributed by atoms with Gasteiger partial charge in [-0.3, -0.25) is 9.67 Å². The smallest absolute Gasteiger partial charge is 0.191 e. The van der Waals surface area contributed by atoms with Crippen molar-refractivity contribution in [1.82, 2.24) is 20.4 Å². The van der Waals surface area contributed by atoms with E-state index >= 15 is 0 Å². The molecule has 1 aliphatic rings. The Bertz CT molecular complexity index is 499. The lowest BCUT2D eigenvalue weighted by molar-refractivity contribution is 0.634. The van der Waals surface area contributed by atoms with Gasteiger partial charge in [0.1, 0.15) is 0 Å². The fourth-order valence-electron chi connectivity index (χ4n) is 2.54. The molecule has 0 bridgehead atoms. The number of aliphatic imine (C=N–C) groups is 1. The summed E-state index contributed by atoms with van der Waals surface area (Å²) in [7, 11) is 2.01. The van der Waals surface area contributed by atoms with Crippen molar-refractivity contribution in [1.29, 1.82) is 0 Å². The number of rotatable bonds is 6. The van der Waals surface area contributed by atoms with Crippen LogP contribution in [-0.4, -0.2) is 34.9 Å². The topological polar surface area (TPSA) is 54.2 Å². The van der Waals surface area contributed by atoms with E-state index in [0.717, 1.165) is 37.1 Å². The van der Waals surface area contributed by atoms with Crippen LogP contribution < -0.4 is 10.6 Å². The van der Waals surface area contributed by atoms with Crippen LogP contribution in [-0.2, 0) is 13.5 Å². The van der Waals surface area contributed by atoms with Crippen molar-refractivity contribution in [3.05, 3.63) is 17.0 Å². The van der Waals surface area contributed by atoms with Crippen LogP contribution in [0.4, 0.5) is 0 Å². The van der Waals surface area contributed by atoms with E-state index in [1.807, 2.05) is 11.7 Å². The van der Waals surface area contributed by atoms with Crippen LogP contribution in [0, 0.1) is 19.8 Å². The highest BCUT2D eigenvalue weighted by Gasteiger charge is 2.21. The fourth-order valence-corrected chi connectivity index (χ4v) is 2.54. The molecular formula is C16H29N5. The Hall–Kier alpha value is -1.52. The summed E-state index contributed by atoms with van der Waals surface area (Å²) in [6.07, 6.45) is 3.65. The first-order valence-electron chi connectivity index (χ1n) is 8.05. The Kier molecular flexibility index (Phi) is 5.26. The molecule has 1 heterocycles. The van der Waals surface area contributed by atoms with Crippen LogP contribution in [0.25, 0.3) is 0 Å². The highest BCUT2D eigenvalue weighted by Crippen LogP contribution is 2.28. The van der Waals surface area contributed by atoms with Gasteiger partial charge in [0.05, 0.1) is 5.69 Å². The molecule has 5 nitrogen and oxygen atoms in total. The first-order chi connectivity index (χ1) is 10.0. The van der Waals surface area contributed by atoms with E-state index in [0.29, 0.717) is 6.04 Å². The molecule has 1 saturated carbocycles. The predicted octanol–water partition coefficient (Wildman–Crippen LogP) is 1.93. The van der Waals surface area contributed by atoms with E-state index in [4.69, 9.17) is 0 Å².